The van der Waals surface area contributed by atoms with E-state index in [4.69, 9.17) is 23.4 Å². The van der Waals surface area contributed by atoms with Gasteiger partial charge in [0.05, 0.1) is 46.2 Å². The van der Waals surface area contributed by atoms with E-state index < -0.39 is 8.32 Å². The molecule has 2 rings (SSSR count). The molecule has 0 radical (unpaired) electrons. The van der Waals surface area contributed by atoms with Crippen LogP contribution in [0.2, 0.25) is 18.1 Å². The minimum absolute atomic E-state index is 0.0441. The minimum atomic E-state index is -2.08. The maximum Gasteiger partial charge on any atom is 0.192 e. The van der Waals surface area contributed by atoms with Crippen molar-refractivity contribution in [1.82, 2.24) is 0 Å². The Morgan fingerprint density at radius 1 is 0.800 bits per heavy atom. The molecule has 0 saturated carbocycles. The predicted molar refractivity (Wildman–Crippen MR) is 143 cm³/mol. The van der Waals surface area contributed by atoms with Crippen LogP contribution in [0.3, 0.4) is 0 Å². The largest absolute Gasteiger partial charge is 0.497 e. The molecule has 2 aromatic rings. The Balaban J connectivity index is 1.97. The van der Waals surface area contributed by atoms with E-state index in [0.29, 0.717) is 19.8 Å². The Kier molecular flexibility index (Phi) is 11.7. The topological polar surface area (TPSA) is 66.4 Å². The number of rotatable bonds is 15. The Labute approximate surface area is 212 Å². The summed E-state index contributed by atoms with van der Waals surface area (Å²) < 4.78 is 29.3. The zero-order valence-electron chi connectivity index (χ0n) is 22.5. The van der Waals surface area contributed by atoms with Crippen LogP contribution in [0.4, 0.5) is 0 Å². The summed E-state index contributed by atoms with van der Waals surface area (Å²) in [6.07, 6.45) is 0.927. The fourth-order valence-corrected chi connectivity index (χ4v) is 4.72. The molecule has 2 aromatic carbocycles. The molecule has 0 spiro atoms. The fourth-order valence-electron chi connectivity index (χ4n) is 3.39. The number of benzene rings is 2. The third-order valence-corrected chi connectivity index (χ3v) is 11.2. The second kappa shape index (κ2) is 14.0. The van der Waals surface area contributed by atoms with Crippen LogP contribution >= 0.6 is 0 Å². The summed E-state index contributed by atoms with van der Waals surface area (Å²) in [5, 5.41) is 10.3. The molecule has 0 aliphatic carbocycles. The Bertz CT molecular complexity index is 845. The molecule has 7 heteroatoms. The van der Waals surface area contributed by atoms with Crippen molar-refractivity contribution in [3.63, 3.8) is 0 Å². The number of hydrogen-bond donors (Lipinski definition) is 1. The van der Waals surface area contributed by atoms with Gasteiger partial charge in [0.1, 0.15) is 11.5 Å². The van der Waals surface area contributed by atoms with E-state index in [1.165, 1.54) is 0 Å². The third-order valence-electron chi connectivity index (χ3n) is 6.68. The van der Waals surface area contributed by atoms with Crippen LogP contribution in [-0.2, 0) is 27.1 Å². The zero-order valence-corrected chi connectivity index (χ0v) is 23.5. The molecule has 0 unspecified atom stereocenters. The molecule has 0 bridgehead atoms. The van der Waals surface area contributed by atoms with Crippen LogP contribution in [0.5, 0.6) is 11.5 Å². The molecule has 0 aromatic heterocycles. The maximum absolute atomic E-state index is 10.2. The van der Waals surface area contributed by atoms with Gasteiger partial charge in [-0.15, -0.1) is 0 Å². The Morgan fingerprint density at radius 2 is 1.31 bits per heavy atom. The number of hydrogen-bond acceptors (Lipinski definition) is 6. The van der Waals surface area contributed by atoms with Crippen LogP contribution in [0, 0.1) is 0 Å². The number of aliphatic hydroxyl groups excluding tert-OH is 1. The smallest absolute Gasteiger partial charge is 0.192 e. The quantitative estimate of drug-likeness (QED) is 0.238. The molecule has 0 amide bonds. The van der Waals surface area contributed by atoms with Crippen LogP contribution in [0.25, 0.3) is 0 Å². The monoisotopic (exact) mass is 504 g/mol. The van der Waals surface area contributed by atoms with Crippen molar-refractivity contribution < 1.29 is 28.5 Å². The molecule has 0 heterocycles. The highest BCUT2D eigenvalue weighted by atomic mass is 28.4. The first-order chi connectivity index (χ1) is 16.6. The second-order valence-corrected chi connectivity index (χ2v) is 15.1. The van der Waals surface area contributed by atoms with Crippen LogP contribution in [0.1, 0.15) is 44.7 Å². The van der Waals surface area contributed by atoms with Gasteiger partial charge >= 0.3 is 0 Å². The van der Waals surface area contributed by atoms with Gasteiger partial charge in [0, 0.05) is 6.61 Å². The SMILES string of the molecule is COc1ccc(COCCC[C@@H](OCc2ccc(OC)cc2)[C@@H](CO)O[Si](C)(C)C(C)(C)C)cc1. The van der Waals surface area contributed by atoms with E-state index in [1.54, 1.807) is 14.2 Å². The molecule has 2 atom stereocenters. The van der Waals surface area contributed by atoms with Crippen molar-refractivity contribution in [2.75, 3.05) is 27.4 Å². The first-order valence-electron chi connectivity index (χ1n) is 12.3. The van der Waals surface area contributed by atoms with E-state index in [9.17, 15) is 5.11 Å². The number of methoxy groups -OCH3 is 2. The van der Waals surface area contributed by atoms with Crippen LogP contribution < -0.4 is 9.47 Å². The molecule has 0 fully saturated rings. The number of aliphatic hydroxyl groups is 1. The molecule has 0 aliphatic heterocycles. The van der Waals surface area contributed by atoms with E-state index in [0.717, 1.165) is 35.5 Å². The summed E-state index contributed by atoms with van der Waals surface area (Å²) in [6, 6.07) is 15.7. The summed E-state index contributed by atoms with van der Waals surface area (Å²) in [5.74, 6) is 1.65. The van der Waals surface area contributed by atoms with Gasteiger partial charge in [-0.25, -0.2) is 0 Å². The van der Waals surface area contributed by atoms with Gasteiger partial charge in [-0.05, 0) is 66.4 Å². The van der Waals surface area contributed by atoms with Crippen molar-refractivity contribution in [2.45, 2.75) is 77.2 Å². The highest BCUT2D eigenvalue weighted by Gasteiger charge is 2.40. The average molecular weight is 505 g/mol. The standard InChI is InChI=1S/C28H44O6Si/c1-28(2,3)35(6,7)34-27(19-29)26(33-21-23-12-16-25(31-5)17-13-23)9-8-18-32-20-22-10-14-24(30-4)15-11-22/h10-17,26-27,29H,8-9,18-21H2,1-7H3/t26-,27-/m1/s1. The van der Waals surface area contributed by atoms with E-state index >= 15 is 0 Å². The van der Waals surface area contributed by atoms with Gasteiger partial charge in [-0.2, -0.15) is 0 Å². The summed E-state index contributed by atoms with van der Waals surface area (Å²) in [6.45, 7) is 12.5. The molecule has 35 heavy (non-hydrogen) atoms. The maximum atomic E-state index is 10.2. The second-order valence-electron chi connectivity index (χ2n) is 10.3. The first-order valence-corrected chi connectivity index (χ1v) is 15.2. The lowest BCUT2D eigenvalue weighted by Gasteiger charge is -2.41. The molecule has 1 N–H and O–H groups in total. The summed E-state index contributed by atoms with van der Waals surface area (Å²) in [5.41, 5.74) is 2.16. The summed E-state index contributed by atoms with van der Waals surface area (Å²) in [7, 11) is 1.24. The fraction of sp³-hybridized carbons (Fsp3) is 0.571. The van der Waals surface area contributed by atoms with Crippen LogP contribution in [0.15, 0.2) is 48.5 Å². The number of ether oxygens (including phenoxy) is 4. The van der Waals surface area contributed by atoms with E-state index in [-0.39, 0.29) is 23.9 Å². The lowest BCUT2D eigenvalue weighted by molar-refractivity contribution is -0.0654. The predicted octanol–water partition coefficient (Wildman–Crippen LogP) is 5.97. The molecular weight excluding hydrogens is 460 g/mol. The van der Waals surface area contributed by atoms with Gasteiger partial charge in [0.2, 0.25) is 0 Å². The normalized spacial score (nSPS) is 13.9. The summed E-state index contributed by atoms with van der Waals surface area (Å²) in [4.78, 5) is 0. The minimum Gasteiger partial charge on any atom is -0.497 e. The third kappa shape index (κ3) is 9.58. The first kappa shape index (κ1) is 29.3. The van der Waals surface area contributed by atoms with Gasteiger partial charge in [0.15, 0.2) is 8.32 Å². The average Bonchev–Trinajstić information content (AvgIpc) is 2.84. The molecule has 0 saturated heterocycles. The van der Waals surface area contributed by atoms with Gasteiger partial charge in [-0.1, -0.05) is 45.0 Å². The summed E-state index contributed by atoms with van der Waals surface area (Å²) >= 11 is 0. The van der Waals surface area contributed by atoms with Crippen molar-refractivity contribution >= 4 is 8.32 Å². The molecular formula is C28H44O6Si. The van der Waals surface area contributed by atoms with Gasteiger partial charge in [0.25, 0.3) is 0 Å². The Morgan fingerprint density at radius 3 is 1.77 bits per heavy atom. The van der Waals surface area contributed by atoms with Crippen molar-refractivity contribution in [3.8, 4) is 11.5 Å². The van der Waals surface area contributed by atoms with Crippen molar-refractivity contribution in [3.05, 3.63) is 59.7 Å². The highest BCUT2D eigenvalue weighted by Crippen LogP contribution is 2.38. The lowest BCUT2D eigenvalue weighted by atomic mass is 10.1. The molecule has 0 aliphatic rings. The molecule has 6 nitrogen and oxygen atoms in total. The van der Waals surface area contributed by atoms with Crippen molar-refractivity contribution in [1.29, 1.82) is 0 Å². The highest BCUT2D eigenvalue weighted by molar-refractivity contribution is 6.74. The zero-order chi connectivity index (χ0) is 25.9. The van der Waals surface area contributed by atoms with Gasteiger partial charge in [-0.3, -0.25) is 0 Å². The van der Waals surface area contributed by atoms with Crippen molar-refractivity contribution in [2.24, 2.45) is 0 Å². The van der Waals surface area contributed by atoms with Crippen LogP contribution in [-0.4, -0.2) is 53.1 Å². The Hall–Kier alpha value is -1.90. The molecule has 196 valence electrons. The van der Waals surface area contributed by atoms with E-state index in [1.807, 2.05) is 48.5 Å². The van der Waals surface area contributed by atoms with Gasteiger partial charge < -0.3 is 28.5 Å². The lowest BCUT2D eigenvalue weighted by Crippen LogP contribution is -2.49. The van der Waals surface area contributed by atoms with E-state index in [2.05, 4.69) is 33.9 Å².